The molecule has 0 spiro atoms. The highest BCUT2D eigenvalue weighted by Crippen LogP contribution is 2.62. The molecule has 12 fully saturated rings. The normalized spacial score (nSPS) is 38.9. The van der Waals surface area contributed by atoms with Gasteiger partial charge < -0.3 is 0 Å². The number of hydrogen-bond donors (Lipinski definition) is 0. The minimum absolute atomic E-state index is 0.694. The fourth-order valence-corrected chi connectivity index (χ4v) is 20.9. The van der Waals surface area contributed by atoms with Gasteiger partial charge in [0.1, 0.15) is 0 Å². The van der Waals surface area contributed by atoms with Crippen LogP contribution in [0.5, 0.6) is 0 Å². The van der Waals surface area contributed by atoms with Crippen LogP contribution in [0, 0.1) is 147 Å². The molecule has 0 aromatic carbocycles. The van der Waals surface area contributed by atoms with Crippen LogP contribution >= 0.6 is 0 Å². The maximum Gasteiger partial charge on any atom is -0.0295 e. The highest BCUT2D eigenvalue weighted by atomic mass is 14.6. The van der Waals surface area contributed by atoms with Gasteiger partial charge in [-0.05, 0) is 276 Å². The summed E-state index contributed by atoms with van der Waals surface area (Å²) in [5.41, 5.74) is 0.694. The van der Waals surface area contributed by atoms with E-state index in [9.17, 15) is 0 Å². The molecule has 12 saturated carbocycles. The van der Waals surface area contributed by atoms with E-state index in [-0.39, 0.29) is 0 Å². The molecule has 12 aliphatic rings. The third kappa shape index (κ3) is 22.7. The molecule has 0 heteroatoms. The topological polar surface area (TPSA) is 0 Å². The van der Waals surface area contributed by atoms with Crippen molar-refractivity contribution < 1.29 is 0 Å². The van der Waals surface area contributed by atoms with Gasteiger partial charge in [0.15, 0.2) is 0 Å². The van der Waals surface area contributed by atoms with E-state index in [1.807, 2.05) is 0 Å². The van der Waals surface area contributed by atoms with Crippen LogP contribution in [0.1, 0.15) is 355 Å². The predicted octanol–water partition coefficient (Wildman–Crippen LogP) is 26.0. The van der Waals surface area contributed by atoms with Crippen LogP contribution in [0.15, 0.2) is 0 Å². The lowest BCUT2D eigenvalue weighted by Gasteiger charge is -2.60. The van der Waals surface area contributed by atoms with E-state index in [1.54, 1.807) is 122 Å². The van der Waals surface area contributed by atoms with Gasteiger partial charge in [-0.15, -0.1) is 0 Å². The molecule has 0 aromatic rings. The number of hydrogen-bond acceptors (Lipinski definition) is 0. The number of rotatable bonds is 9. The summed E-state index contributed by atoms with van der Waals surface area (Å²) >= 11 is 0. The van der Waals surface area contributed by atoms with E-state index in [4.69, 9.17) is 0 Å². The van der Waals surface area contributed by atoms with Crippen molar-refractivity contribution in [3.05, 3.63) is 0 Å². The zero-order chi connectivity index (χ0) is 57.2. The Bertz CT molecular complexity index is 1510. The molecule has 6 unspecified atom stereocenters. The van der Waals surface area contributed by atoms with Crippen molar-refractivity contribution >= 4 is 0 Å². The Morgan fingerprint density at radius 2 is 0.671 bits per heavy atom. The van der Waals surface area contributed by atoms with E-state index < -0.39 is 0 Å². The van der Waals surface area contributed by atoms with Crippen molar-refractivity contribution in [2.24, 2.45) is 147 Å². The Morgan fingerprint density at radius 1 is 0.329 bits per heavy atom. The molecule has 10 bridgehead atoms. The average molecular weight is 1100 g/mol. The standard InChI is InChI=1S/2C14H26.2C13H24.C13H26.C12H22/c1-10(2)5-6-11-7-8-12-9-13(11)14(12,3)4;1-4-11-5-12-7-13(6-11)9-14(8-12)10(2)3;1-9(2)13-7-11-4-10(3)5-12(6-11)8-13;1-10(2)13-8-11-5-3-4-6-12(7-11)9-13;1-12(2)13-10-8-6-4-3-5-7-9-11-13;1-9(2)12-7-10-4-3-5-11(6-10)8-12/h10-13H,5-9H2,1-4H3;10-14H,4-9H2,1-3H3;9-13H,4-8H2,1-3H3;10-13H,3-9H2,1-2H3;12-13H,3-11H2,1-2H3;9-12H,3-8H2,1-2H3/t11-,12+,13+;11?,12-,13+,14?;10?,11-,12+,13?;11-,12+,13?;;10-,11+,12?/m1...../s1. The highest BCUT2D eigenvalue weighted by molar-refractivity contribution is 5.03. The van der Waals surface area contributed by atoms with Crippen molar-refractivity contribution in [2.75, 3.05) is 0 Å². The Labute approximate surface area is 499 Å². The third-order valence-electron chi connectivity index (χ3n) is 26.3. The van der Waals surface area contributed by atoms with Crippen molar-refractivity contribution in [2.45, 2.75) is 355 Å². The molecule has 0 saturated heterocycles. The molecule has 0 amide bonds. The van der Waals surface area contributed by atoms with Crippen LogP contribution in [0.4, 0.5) is 0 Å². The smallest absolute Gasteiger partial charge is 0.0295 e. The first-order chi connectivity index (χ1) is 37.7. The van der Waals surface area contributed by atoms with Crippen LogP contribution in [-0.2, 0) is 0 Å². The second kappa shape index (κ2) is 34.4. The van der Waals surface area contributed by atoms with Crippen LogP contribution in [0.3, 0.4) is 0 Å². The third-order valence-corrected chi connectivity index (χ3v) is 26.3. The summed E-state index contributed by atoms with van der Waals surface area (Å²) < 4.78 is 0. The summed E-state index contributed by atoms with van der Waals surface area (Å²) in [6, 6.07) is 0. The largest absolute Gasteiger partial charge is 0.0651 e. The molecule has 79 heavy (non-hydrogen) atoms. The molecule has 0 N–H and O–H groups in total. The van der Waals surface area contributed by atoms with E-state index in [2.05, 4.69) is 111 Å². The fourth-order valence-electron chi connectivity index (χ4n) is 20.9. The van der Waals surface area contributed by atoms with Gasteiger partial charge in [0, 0.05) is 0 Å². The molecule has 0 heterocycles. The monoisotopic (exact) mass is 1100 g/mol. The maximum absolute atomic E-state index is 2.51. The summed E-state index contributed by atoms with van der Waals surface area (Å²) in [6.45, 7) is 38.7. The lowest BCUT2D eigenvalue weighted by molar-refractivity contribution is -0.107. The first-order valence-electron chi connectivity index (χ1n) is 37.7. The molecular weight excluding hydrogens is 949 g/mol. The summed E-state index contributed by atoms with van der Waals surface area (Å²) in [6.07, 6.45) is 57.9. The van der Waals surface area contributed by atoms with Crippen molar-refractivity contribution in [1.82, 2.24) is 0 Å². The molecule has 0 aromatic heterocycles. The van der Waals surface area contributed by atoms with Crippen LogP contribution in [0.25, 0.3) is 0 Å². The Balaban J connectivity index is 0.000000153. The second-order valence-electron chi connectivity index (χ2n) is 35.0. The molecule has 17 atom stereocenters. The van der Waals surface area contributed by atoms with Gasteiger partial charge in [0.05, 0.1) is 0 Å². The molecule has 0 nitrogen and oxygen atoms in total. The van der Waals surface area contributed by atoms with Gasteiger partial charge in [-0.2, -0.15) is 0 Å². The van der Waals surface area contributed by atoms with Crippen LogP contribution < -0.4 is 0 Å². The molecular formula is C79H148. The minimum Gasteiger partial charge on any atom is -0.0651 e. The fraction of sp³-hybridized carbons (Fsp3) is 1.00. The van der Waals surface area contributed by atoms with E-state index in [0.29, 0.717) is 5.41 Å². The van der Waals surface area contributed by atoms with Crippen molar-refractivity contribution in [3.8, 4) is 0 Å². The Morgan fingerprint density at radius 3 is 1.03 bits per heavy atom. The van der Waals surface area contributed by atoms with Gasteiger partial charge in [-0.1, -0.05) is 226 Å². The SMILES string of the molecule is CC(C)C1CCCCCCCCC1.CC(C)C1C[C@H]2CCCC[C@@H](C1)C2.CC(C)C1C[C@H]2CCC[C@@H](C1)C2.CC(C)CC[C@@H]1CC[C@H]2C[C@@H]1C2(C)C.CC1C[C@@H]2CC(C(C)C)C[C@H](C1)C2.CCC1C[C@@H]2CC(C(C)C)C[C@H](C1)C2. The molecule has 0 radical (unpaired) electrons. The van der Waals surface area contributed by atoms with E-state index in [1.165, 1.54) is 122 Å². The van der Waals surface area contributed by atoms with Crippen LogP contribution in [0.2, 0.25) is 0 Å². The lowest BCUT2D eigenvalue weighted by atomic mass is 9.45. The lowest BCUT2D eigenvalue weighted by Crippen LogP contribution is -2.52. The average Bonchev–Trinajstić information content (AvgIpc) is 3.74. The van der Waals surface area contributed by atoms with Crippen molar-refractivity contribution in [3.63, 3.8) is 0 Å². The molecule has 464 valence electrons. The Kier molecular flexibility index (Phi) is 29.6. The predicted molar refractivity (Wildman–Crippen MR) is 352 cm³/mol. The van der Waals surface area contributed by atoms with Gasteiger partial charge in [0.25, 0.3) is 0 Å². The quantitative estimate of drug-likeness (QED) is 0.216. The first kappa shape index (κ1) is 68.1. The van der Waals surface area contributed by atoms with E-state index >= 15 is 0 Å². The van der Waals surface area contributed by atoms with E-state index in [0.717, 1.165) is 142 Å². The van der Waals surface area contributed by atoms with Crippen LogP contribution in [-0.4, -0.2) is 0 Å². The second-order valence-corrected chi connectivity index (χ2v) is 35.0. The maximum atomic E-state index is 2.51. The zero-order valence-corrected chi connectivity index (χ0v) is 57.2. The van der Waals surface area contributed by atoms with Gasteiger partial charge in [-0.3, -0.25) is 0 Å². The summed E-state index contributed by atoms with van der Waals surface area (Å²) in [7, 11) is 0. The van der Waals surface area contributed by atoms with Gasteiger partial charge in [-0.25, -0.2) is 0 Å². The summed E-state index contributed by atoms with van der Waals surface area (Å²) in [5, 5.41) is 0. The van der Waals surface area contributed by atoms with Crippen molar-refractivity contribution in [1.29, 1.82) is 0 Å². The van der Waals surface area contributed by atoms with Gasteiger partial charge >= 0.3 is 0 Å². The molecule has 12 rings (SSSR count). The number of fused-ring (bicyclic) bond motifs is 10. The summed E-state index contributed by atoms with van der Waals surface area (Å²) in [5.74, 6) is 24.9. The highest BCUT2D eigenvalue weighted by Gasteiger charge is 2.53. The Hall–Kier alpha value is 0. The molecule has 12 aliphatic carbocycles. The minimum atomic E-state index is 0.694. The van der Waals surface area contributed by atoms with Gasteiger partial charge in [0.2, 0.25) is 0 Å². The molecule has 0 aliphatic heterocycles. The summed E-state index contributed by atoms with van der Waals surface area (Å²) in [4.78, 5) is 0. The zero-order valence-electron chi connectivity index (χ0n) is 57.2. The first-order valence-corrected chi connectivity index (χ1v) is 37.7.